The number of rotatable bonds is 5. The Morgan fingerprint density at radius 1 is 1.47 bits per heavy atom. The largest absolute Gasteiger partial charge is 0.360 e. The fraction of sp³-hybridized carbons (Fsp3) is 0.375. The van der Waals surface area contributed by atoms with Crippen molar-refractivity contribution in [3.8, 4) is 0 Å². The molecule has 17 heavy (non-hydrogen) atoms. The van der Waals surface area contributed by atoms with Gasteiger partial charge in [0.15, 0.2) is 0 Å². The molecule has 0 aromatic carbocycles. The zero-order chi connectivity index (χ0) is 12.1. The van der Waals surface area contributed by atoms with E-state index < -0.39 is 0 Å². The molecule has 0 atom stereocenters. The molecule has 1 amide bonds. The van der Waals surface area contributed by atoms with E-state index in [1.807, 2.05) is 0 Å². The summed E-state index contributed by atoms with van der Waals surface area (Å²) in [5, 5.41) is 18.6. The molecule has 0 aliphatic carbocycles. The fourth-order valence-electron chi connectivity index (χ4n) is 1.01. The molecule has 2 N–H and O–H groups in total. The van der Waals surface area contributed by atoms with E-state index in [0.29, 0.717) is 15.1 Å². The molecular weight excluding hydrogens is 260 g/mol. The van der Waals surface area contributed by atoms with Crippen LogP contribution in [0.25, 0.3) is 0 Å². The van der Waals surface area contributed by atoms with Crippen molar-refractivity contribution < 1.29 is 4.79 Å². The third-order valence-corrected chi connectivity index (χ3v) is 3.20. The Morgan fingerprint density at radius 2 is 2.35 bits per heavy atom. The summed E-state index contributed by atoms with van der Waals surface area (Å²) in [4.78, 5) is 11.7. The van der Waals surface area contributed by atoms with Gasteiger partial charge in [-0.3, -0.25) is 4.79 Å². The van der Waals surface area contributed by atoms with Gasteiger partial charge in [0.2, 0.25) is 10.1 Å². The Kier molecular flexibility index (Phi) is 3.94. The van der Waals surface area contributed by atoms with Gasteiger partial charge in [-0.1, -0.05) is 22.7 Å². The fourth-order valence-corrected chi connectivity index (χ4v) is 2.09. The molecule has 2 heterocycles. The van der Waals surface area contributed by atoms with E-state index in [1.165, 1.54) is 17.5 Å². The molecule has 0 saturated heterocycles. The second-order valence-corrected chi connectivity index (χ2v) is 4.84. The topological polar surface area (TPSA) is 92.7 Å². The van der Waals surface area contributed by atoms with Crippen molar-refractivity contribution >= 4 is 38.9 Å². The maximum Gasteiger partial charge on any atom is 0.287 e. The maximum atomic E-state index is 11.7. The first-order valence-corrected chi connectivity index (χ1v) is 6.54. The van der Waals surface area contributed by atoms with Crippen molar-refractivity contribution in [1.29, 1.82) is 0 Å². The number of carbonyl (C=O) groups excluding carboxylic acids is 1. The van der Waals surface area contributed by atoms with Crippen molar-refractivity contribution in [3.05, 3.63) is 11.2 Å². The number of anilines is 2. The zero-order valence-electron chi connectivity index (χ0n) is 9.01. The predicted molar refractivity (Wildman–Crippen MR) is 66.6 cm³/mol. The van der Waals surface area contributed by atoms with Crippen LogP contribution in [0.2, 0.25) is 0 Å². The van der Waals surface area contributed by atoms with Crippen LogP contribution in [0.3, 0.4) is 0 Å². The zero-order valence-corrected chi connectivity index (χ0v) is 10.6. The summed E-state index contributed by atoms with van der Waals surface area (Å²) in [6.45, 7) is 2.87. The van der Waals surface area contributed by atoms with Crippen LogP contribution in [-0.2, 0) is 0 Å². The van der Waals surface area contributed by atoms with Gasteiger partial charge in [-0.25, -0.2) is 0 Å². The Morgan fingerprint density at radius 3 is 3.06 bits per heavy atom. The van der Waals surface area contributed by atoms with E-state index in [0.717, 1.165) is 24.5 Å². The lowest BCUT2D eigenvalue weighted by atomic mass is 10.5. The van der Waals surface area contributed by atoms with Crippen LogP contribution in [-0.4, -0.2) is 32.2 Å². The molecule has 2 aromatic rings. The molecule has 0 unspecified atom stereocenters. The predicted octanol–water partition coefficient (Wildman–Crippen LogP) is 1.46. The van der Waals surface area contributed by atoms with E-state index in [4.69, 9.17) is 0 Å². The minimum Gasteiger partial charge on any atom is -0.360 e. The second-order valence-electron chi connectivity index (χ2n) is 3.08. The van der Waals surface area contributed by atoms with Crippen molar-refractivity contribution in [1.82, 2.24) is 19.8 Å². The van der Waals surface area contributed by atoms with Gasteiger partial charge in [0.05, 0.1) is 6.20 Å². The van der Waals surface area contributed by atoms with Gasteiger partial charge in [0, 0.05) is 18.1 Å². The maximum absolute atomic E-state index is 11.7. The molecule has 0 saturated carbocycles. The van der Waals surface area contributed by atoms with E-state index in [9.17, 15) is 4.79 Å². The molecule has 0 fully saturated rings. The minimum atomic E-state index is -0.293. The number of nitrogens with one attached hydrogen (secondary N) is 2. The number of hydrogen-bond acceptors (Lipinski definition) is 8. The molecule has 9 heteroatoms. The van der Waals surface area contributed by atoms with Gasteiger partial charge in [-0.05, 0) is 6.42 Å². The number of aromatic nitrogens is 4. The van der Waals surface area contributed by atoms with Crippen LogP contribution in [0, 0.1) is 0 Å². The molecule has 0 spiro atoms. The molecule has 0 aliphatic rings. The Balaban J connectivity index is 1.97. The van der Waals surface area contributed by atoms with Gasteiger partial charge >= 0.3 is 0 Å². The lowest BCUT2D eigenvalue weighted by Crippen LogP contribution is -2.10. The van der Waals surface area contributed by atoms with Crippen molar-refractivity contribution in [2.45, 2.75) is 13.3 Å². The summed E-state index contributed by atoms with van der Waals surface area (Å²) >= 11 is 2.34. The summed E-state index contributed by atoms with van der Waals surface area (Å²) in [6.07, 6.45) is 2.48. The van der Waals surface area contributed by atoms with Crippen LogP contribution in [0.1, 0.15) is 23.1 Å². The summed E-state index contributed by atoms with van der Waals surface area (Å²) in [5.74, 6) is -0.293. The lowest BCUT2D eigenvalue weighted by molar-refractivity contribution is 0.102. The Hall–Kier alpha value is -1.61. The van der Waals surface area contributed by atoms with Crippen LogP contribution in [0.4, 0.5) is 10.1 Å². The number of amides is 1. The molecular formula is C8H10N6OS2. The highest BCUT2D eigenvalue weighted by molar-refractivity contribution is 7.17. The van der Waals surface area contributed by atoms with Gasteiger partial charge in [0.25, 0.3) is 5.91 Å². The molecule has 2 rings (SSSR count). The SMILES string of the molecule is CCCNc1nnc(C(=O)Nc2cnns2)s1. The highest BCUT2D eigenvalue weighted by Crippen LogP contribution is 2.17. The van der Waals surface area contributed by atoms with Crippen LogP contribution >= 0.6 is 22.9 Å². The van der Waals surface area contributed by atoms with E-state index in [1.54, 1.807) is 0 Å². The minimum absolute atomic E-state index is 0.293. The molecule has 0 aliphatic heterocycles. The molecule has 90 valence electrons. The lowest BCUT2D eigenvalue weighted by Gasteiger charge is -1.96. The first-order valence-electron chi connectivity index (χ1n) is 4.95. The second kappa shape index (κ2) is 5.64. The first kappa shape index (κ1) is 11.9. The van der Waals surface area contributed by atoms with Gasteiger partial charge < -0.3 is 10.6 Å². The highest BCUT2D eigenvalue weighted by Gasteiger charge is 2.13. The Bertz CT molecular complexity index is 482. The number of hydrogen-bond donors (Lipinski definition) is 2. The Labute approximate surface area is 105 Å². The highest BCUT2D eigenvalue weighted by atomic mass is 32.1. The summed E-state index contributed by atoms with van der Waals surface area (Å²) in [6, 6.07) is 0. The first-order chi connectivity index (χ1) is 8.29. The third-order valence-electron chi connectivity index (χ3n) is 1.74. The van der Waals surface area contributed by atoms with Crippen molar-refractivity contribution in [2.75, 3.05) is 17.2 Å². The smallest absolute Gasteiger partial charge is 0.287 e. The summed E-state index contributed by atoms with van der Waals surface area (Å²) in [7, 11) is 0. The molecule has 2 aromatic heterocycles. The van der Waals surface area contributed by atoms with Gasteiger partial charge in [-0.2, -0.15) is 0 Å². The monoisotopic (exact) mass is 270 g/mol. The average Bonchev–Trinajstić information content (AvgIpc) is 2.96. The van der Waals surface area contributed by atoms with Gasteiger partial charge in [0.1, 0.15) is 5.00 Å². The van der Waals surface area contributed by atoms with Crippen molar-refractivity contribution in [2.24, 2.45) is 0 Å². The van der Waals surface area contributed by atoms with E-state index >= 15 is 0 Å². The standard InChI is InChI=1S/C8H10N6OS2/c1-2-3-9-8-13-12-7(16-8)6(15)11-5-4-10-14-17-5/h4H,2-3H2,1H3,(H,9,13)(H,11,15). The van der Waals surface area contributed by atoms with Crippen molar-refractivity contribution in [3.63, 3.8) is 0 Å². The van der Waals surface area contributed by atoms with Crippen LogP contribution in [0.5, 0.6) is 0 Å². The molecule has 0 radical (unpaired) electrons. The van der Waals surface area contributed by atoms with Gasteiger partial charge in [-0.15, -0.1) is 15.3 Å². The average molecular weight is 270 g/mol. The molecule has 0 bridgehead atoms. The van der Waals surface area contributed by atoms with E-state index in [2.05, 4.69) is 37.3 Å². The van der Waals surface area contributed by atoms with Crippen LogP contribution in [0.15, 0.2) is 6.20 Å². The summed E-state index contributed by atoms with van der Waals surface area (Å²) in [5.41, 5.74) is 0. The van der Waals surface area contributed by atoms with E-state index in [-0.39, 0.29) is 5.91 Å². The summed E-state index contributed by atoms with van der Waals surface area (Å²) < 4.78 is 3.65. The van der Waals surface area contributed by atoms with Crippen LogP contribution < -0.4 is 10.6 Å². The quantitative estimate of drug-likeness (QED) is 0.854. The number of carbonyl (C=O) groups is 1. The normalized spacial score (nSPS) is 10.2. The molecule has 7 nitrogen and oxygen atoms in total. The number of nitrogens with zero attached hydrogens (tertiary/aromatic N) is 4. The third kappa shape index (κ3) is 3.17.